The van der Waals surface area contributed by atoms with Gasteiger partial charge >= 0.3 is 12.1 Å². The molecule has 0 aliphatic rings. The molecule has 88 valence electrons. The number of nitrogens with one attached hydrogen (secondary N) is 1. The molecule has 2 nitrogen and oxygen atoms in total. The van der Waals surface area contributed by atoms with E-state index in [-0.39, 0.29) is 11.0 Å². The largest absolute Gasteiger partial charge is 0.471 e. The maximum Gasteiger partial charge on any atom is 0.471 e. The molecule has 0 heterocycles. The molecule has 0 spiro atoms. The molecule has 0 saturated heterocycles. The number of amides is 1. The molecule has 7 heteroatoms. The Kier molecular flexibility index (Phi) is 3.90. The lowest BCUT2D eigenvalue weighted by molar-refractivity contribution is -0.167. The highest BCUT2D eigenvalue weighted by Crippen LogP contribution is 2.20. The Labute approximate surface area is 96.8 Å². The molecule has 1 aromatic carbocycles. The maximum atomic E-state index is 13.1. The first-order chi connectivity index (χ1) is 7.34. The first-order valence-electron chi connectivity index (χ1n) is 4.07. The van der Waals surface area contributed by atoms with Gasteiger partial charge in [0.05, 0.1) is 0 Å². The van der Waals surface area contributed by atoms with Crippen LogP contribution in [0.3, 0.4) is 0 Å². The highest BCUT2D eigenvalue weighted by molar-refractivity contribution is 9.08. The minimum atomic E-state index is -4.98. The molecule has 1 aromatic rings. The second kappa shape index (κ2) is 4.82. The molecule has 0 aliphatic carbocycles. The fourth-order valence-electron chi connectivity index (χ4n) is 0.935. The summed E-state index contributed by atoms with van der Waals surface area (Å²) in [4.78, 5) is 10.5. The summed E-state index contributed by atoms with van der Waals surface area (Å²) in [5.74, 6) is -2.81. The van der Waals surface area contributed by atoms with Crippen molar-refractivity contribution in [3.8, 4) is 0 Å². The maximum absolute atomic E-state index is 13.1. The van der Waals surface area contributed by atoms with Crippen molar-refractivity contribution in [3.05, 3.63) is 29.6 Å². The Hall–Kier alpha value is -1.11. The van der Waals surface area contributed by atoms with Crippen molar-refractivity contribution in [1.29, 1.82) is 0 Å². The van der Waals surface area contributed by atoms with E-state index in [1.54, 1.807) is 5.32 Å². The van der Waals surface area contributed by atoms with Gasteiger partial charge in [-0.15, -0.1) is 0 Å². The van der Waals surface area contributed by atoms with Gasteiger partial charge in [0.2, 0.25) is 0 Å². The average molecular weight is 300 g/mol. The van der Waals surface area contributed by atoms with Crippen LogP contribution in [0.1, 0.15) is 5.56 Å². The lowest BCUT2D eigenvalue weighted by Gasteiger charge is -2.08. The predicted molar refractivity (Wildman–Crippen MR) is 53.7 cm³/mol. The molecule has 1 amide bonds. The van der Waals surface area contributed by atoms with Gasteiger partial charge in [-0.25, -0.2) is 4.39 Å². The van der Waals surface area contributed by atoms with Crippen LogP contribution < -0.4 is 5.32 Å². The zero-order chi connectivity index (χ0) is 12.3. The van der Waals surface area contributed by atoms with E-state index in [0.717, 1.165) is 6.07 Å². The fraction of sp³-hybridized carbons (Fsp3) is 0.222. The van der Waals surface area contributed by atoms with Crippen molar-refractivity contribution in [2.24, 2.45) is 0 Å². The van der Waals surface area contributed by atoms with E-state index in [0.29, 0.717) is 5.56 Å². The fourth-order valence-corrected chi connectivity index (χ4v) is 1.39. The molecule has 0 radical (unpaired) electrons. The molecule has 16 heavy (non-hydrogen) atoms. The summed E-state index contributed by atoms with van der Waals surface area (Å²) in [6.45, 7) is 0. The van der Waals surface area contributed by atoms with Crippen LogP contribution in [0.25, 0.3) is 0 Å². The topological polar surface area (TPSA) is 29.1 Å². The summed E-state index contributed by atoms with van der Waals surface area (Å²) in [7, 11) is 0. The number of carbonyl (C=O) groups is 1. The quantitative estimate of drug-likeness (QED) is 0.659. The molecule has 1 rings (SSSR count). The molecule has 1 N–H and O–H groups in total. The first-order valence-corrected chi connectivity index (χ1v) is 5.19. The minimum Gasteiger partial charge on any atom is -0.318 e. The van der Waals surface area contributed by atoms with Crippen LogP contribution in [0.15, 0.2) is 18.2 Å². The van der Waals surface area contributed by atoms with Crippen LogP contribution in [0.5, 0.6) is 0 Å². The van der Waals surface area contributed by atoms with Gasteiger partial charge in [-0.2, -0.15) is 13.2 Å². The number of benzene rings is 1. The van der Waals surface area contributed by atoms with Crippen molar-refractivity contribution in [2.45, 2.75) is 11.5 Å². The number of halogens is 5. The van der Waals surface area contributed by atoms with E-state index in [1.165, 1.54) is 12.1 Å². The molecule has 0 atom stereocenters. The van der Waals surface area contributed by atoms with Crippen LogP contribution in [-0.4, -0.2) is 12.1 Å². The summed E-state index contributed by atoms with van der Waals surface area (Å²) < 4.78 is 48.7. The highest BCUT2D eigenvalue weighted by atomic mass is 79.9. The smallest absolute Gasteiger partial charge is 0.318 e. The van der Waals surface area contributed by atoms with Crippen LogP contribution in [-0.2, 0) is 10.1 Å². The summed E-state index contributed by atoms with van der Waals surface area (Å²) >= 11 is 3.01. The summed E-state index contributed by atoms with van der Waals surface area (Å²) in [6, 6.07) is 3.32. The van der Waals surface area contributed by atoms with E-state index in [4.69, 9.17) is 0 Å². The molecule has 0 bridgehead atoms. The van der Waals surface area contributed by atoms with E-state index in [9.17, 15) is 22.4 Å². The van der Waals surface area contributed by atoms with Crippen LogP contribution in [0.2, 0.25) is 0 Å². The molecular formula is C9H6BrF4NO. The molecule has 0 aliphatic heterocycles. The van der Waals surface area contributed by atoms with Crippen molar-refractivity contribution in [2.75, 3.05) is 5.32 Å². The normalized spacial score (nSPS) is 11.3. The van der Waals surface area contributed by atoms with Crippen molar-refractivity contribution >= 4 is 27.5 Å². The first kappa shape index (κ1) is 13.0. The highest BCUT2D eigenvalue weighted by Gasteiger charge is 2.38. The number of carbonyl (C=O) groups excluding carboxylic acids is 1. The summed E-state index contributed by atoms with van der Waals surface area (Å²) in [5, 5.41) is 1.80. The molecule has 0 aromatic heterocycles. The van der Waals surface area contributed by atoms with Gasteiger partial charge in [0.25, 0.3) is 0 Å². The predicted octanol–water partition coefficient (Wildman–Crippen LogP) is 3.22. The Balaban J connectivity index is 2.84. The van der Waals surface area contributed by atoms with E-state index >= 15 is 0 Å². The lowest BCUT2D eigenvalue weighted by atomic mass is 10.2. The number of hydrogen-bond acceptors (Lipinski definition) is 1. The Morgan fingerprint density at radius 1 is 1.38 bits per heavy atom. The average Bonchev–Trinajstić information content (AvgIpc) is 2.16. The Bertz CT molecular complexity index is 405. The Morgan fingerprint density at radius 3 is 2.44 bits per heavy atom. The van der Waals surface area contributed by atoms with Gasteiger partial charge in [-0.05, 0) is 17.7 Å². The van der Waals surface area contributed by atoms with Crippen LogP contribution in [0, 0.1) is 5.82 Å². The van der Waals surface area contributed by atoms with Gasteiger partial charge in [0.1, 0.15) is 5.82 Å². The van der Waals surface area contributed by atoms with Crippen LogP contribution in [0.4, 0.5) is 23.2 Å². The van der Waals surface area contributed by atoms with Gasteiger partial charge in [0, 0.05) is 11.0 Å². The Morgan fingerprint density at radius 2 is 2.00 bits per heavy atom. The molecule has 0 fully saturated rings. The number of anilines is 1. The summed E-state index contributed by atoms with van der Waals surface area (Å²) in [5.41, 5.74) is 0.0644. The van der Waals surface area contributed by atoms with Crippen LogP contribution >= 0.6 is 15.9 Å². The molecule has 0 unspecified atom stereocenters. The van der Waals surface area contributed by atoms with Gasteiger partial charge in [0.15, 0.2) is 0 Å². The second-order valence-corrected chi connectivity index (χ2v) is 3.45. The number of rotatable bonds is 2. The third-order valence-corrected chi connectivity index (χ3v) is 2.32. The van der Waals surface area contributed by atoms with Crippen molar-refractivity contribution in [1.82, 2.24) is 0 Å². The standard InChI is InChI=1S/C9H6BrF4NO/c10-4-5-1-2-6(3-7(5)11)15-8(16)9(12,13)14/h1-3H,4H2,(H,15,16). The summed E-state index contributed by atoms with van der Waals surface area (Å²) in [6.07, 6.45) is -4.98. The number of alkyl halides is 4. The van der Waals surface area contributed by atoms with Gasteiger partial charge in [-0.1, -0.05) is 22.0 Å². The van der Waals surface area contributed by atoms with Gasteiger partial charge < -0.3 is 5.32 Å². The number of hydrogen-bond donors (Lipinski definition) is 1. The zero-order valence-electron chi connectivity index (χ0n) is 7.74. The third-order valence-electron chi connectivity index (χ3n) is 1.71. The lowest BCUT2D eigenvalue weighted by Crippen LogP contribution is -2.29. The zero-order valence-corrected chi connectivity index (χ0v) is 9.32. The second-order valence-electron chi connectivity index (χ2n) is 2.89. The monoisotopic (exact) mass is 299 g/mol. The SMILES string of the molecule is O=C(Nc1ccc(CBr)c(F)c1)C(F)(F)F. The van der Waals surface area contributed by atoms with Crippen molar-refractivity contribution < 1.29 is 22.4 Å². The molecule has 0 saturated carbocycles. The van der Waals surface area contributed by atoms with Crippen molar-refractivity contribution in [3.63, 3.8) is 0 Å². The van der Waals surface area contributed by atoms with E-state index < -0.39 is 17.9 Å². The molecular weight excluding hydrogens is 294 g/mol. The van der Waals surface area contributed by atoms with E-state index in [2.05, 4.69) is 15.9 Å². The van der Waals surface area contributed by atoms with Gasteiger partial charge in [-0.3, -0.25) is 4.79 Å². The minimum absolute atomic E-state index is 0.232. The van der Waals surface area contributed by atoms with E-state index in [1.807, 2.05) is 0 Å². The third kappa shape index (κ3) is 3.19.